The summed E-state index contributed by atoms with van der Waals surface area (Å²) in [7, 11) is 1.33. The Morgan fingerprint density at radius 2 is 0.845 bits per heavy atom. The molecule has 1 saturated heterocycles. The molecular formula is C106H188O23. The van der Waals surface area contributed by atoms with Gasteiger partial charge in [0.2, 0.25) is 0 Å². The molecule has 0 N–H and O–H groups in total. The predicted molar refractivity (Wildman–Crippen MR) is 526 cm³/mol. The van der Waals surface area contributed by atoms with Crippen LogP contribution in [0.3, 0.4) is 0 Å². The van der Waals surface area contributed by atoms with Gasteiger partial charge in [0.1, 0.15) is 68.3 Å². The van der Waals surface area contributed by atoms with E-state index in [4.69, 9.17) is 47.4 Å². The third kappa shape index (κ3) is 50.4. The van der Waals surface area contributed by atoms with Crippen LogP contribution >= 0.6 is 0 Å². The van der Waals surface area contributed by atoms with E-state index in [0.29, 0.717) is 75.2 Å². The lowest BCUT2D eigenvalue weighted by Gasteiger charge is -2.55. The van der Waals surface area contributed by atoms with Crippen LogP contribution in [0.4, 0.5) is 0 Å². The van der Waals surface area contributed by atoms with Crippen molar-refractivity contribution >= 4 is 59.5 Å². The minimum Gasteiger partial charge on any atom is -0.494 e. The molecule has 10 aliphatic carbocycles. The quantitative estimate of drug-likeness (QED) is 0.0128. The number of hydrogen-bond donors (Lipinski definition) is 0. The Morgan fingerprint density at radius 1 is 0.411 bits per heavy atom. The van der Waals surface area contributed by atoms with Gasteiger partial charge in [0.25, 0.3) is 0 Å². The zero-order valence-corrected chi connectivity index (χ0v) is 76.7. The van der Waals surface area contributed by atoms with E-state index >= 15 is 0 Å². The van der Waals surface area contributed by atoms with Gasteiger partial charge in [-0.1, -0.05) is 180 Å². The van der Waals surface area contributed by atoms with Gasteiger partial charge in [-0.25, -0.2) is 38.4 Å². The number of rotatable bonds is 29. The number of methoxy groups -OCH3 is 1. The summed E-state index contributed by atoms with van der Waals surface area (Å²) in [5.74, 6) is 3.91. The zero-order valence-electron chi connectivity index (χ0n) is 76.7. The SMILES string of the molecule is C.C.C.C.C.C.C.C.C.C=C(C)C(=C)OCCCC.C=C(C)C(=O)OC.C=C(C)C(=O)OC12CC3CC(CC(C3)C1)C2.C=C(C)C(=O)OC1CC2CC1C1CCCC21.C=C(C)C(=O)OC1CC2CCC1(C)C2(C)C.C=C(C)C(=O)OC1CCCCC1.C=C(C)C(=O)OCCOC(=O)CC(C)=O.C=C(C)C(=O)OCCOC(C)(C)C.C=C(C)C(=O)OCCOC1CCCCO1. The summed E-state index contributed by atoms with van der Waals surface area (Å²) in [4.78, 5) is 110. The first kappa shape index (κ1) is 136. The van der Waals surface area contributed by atoms with Crippen LogP contribution in [0.1, 0.15) is 345 Å². The monoisotopic (exact) mass is 1830 g/mol. The molecule has 129 heavy (non-hydrogen) atoms. The summed E-state index contributed by atoms with van der Waals surface area (Å²) in [6.07, 6.45) is 28.8. The Hall–Kier alpha value is -8.02. The maximum Gasteiger partial charge on any atom is 0.333 e. The van der Waals surface area contributed by atoms with Crippen molar-refractivity contribution in [2.45, 2.75) is 381 Å². The minimum atomic E-state index is -0.617. The summed E-state index contributed by atoms with van der Waals surface area (Å²) in [5.41, 5.74) is 4.69. The molecule has 9 atom stereocenters. The van der Waals surface area contributed by atoms with Crippen LogP contribution in [0.5, 0.6) is 0 Å². The van der Waals surface area contributed by atoms with E-state index in [-0.39, 0.29) is 194 Å². The van der Waals surface area contributed by atoms with Crippen molar-refractivity contribution in [1.82, 2.24) is 0 Å². The highest BCUT2D eigenvalue weighted by atomic mass is 16.7. The lowest BCUT2D eigenvalue weighted by Crippen LogP contribution is -2.52. The molecule has 0 aromatic heterocycles. The van der Waals surface area contributed by atoms with Gasteiger partial charge in [-0.15, -0.1) is 0 Å². The maximum absolute atomic E-state index is 11.7. The van der Waals surface area contributed by atoms with Crippen molar-refractivity contribution in [3.8, 4) is 0 Å². The molecule has 750 valence electrons. The standard InChI is InChI=1S/2C14H20O2.C14H22O2.C11H18O4.C10H14O5.C10H18O3.C10H16O2.C9H16O.C5H8O2.9CH4/c1-9(2)13(15)16-14-6-10-3-11(7-14)5-12(4-10)8-14;1-8(2)14(15)16-13-7-9-6-12(13)11-5-3-4-10(9)11;1-9(2)12(15)16-11-8-10-6-7-14(11,5)13(10,3)4;1-9(2)11(12)15-8-7-14-10-5-3-4-6-13-10;1-7(2)10(13)15-5-4-14-9(12)6-8(3)11;1-8(2)9(11)12-6-7-13-10(3,4)5;1-8(2)10(11)12-9-6-4-3-5-7-9;1-5-6-7-10-9(4)8(2)3;1-4(2)5(6)7-3;;;;;;;;;/h10-12H,1,3-8H2,2H3;9-13H,1,3-7H2,2H3;10-11H,1,6-8H2,2-5H3;10H,1,3-8H2,2H3;1,4-6H2,2-3H3;1,6-7H2,2-5H3;9H,1,3-7H2,2H3;2,4-7H2,1,3H3;1H2,2-3H3;9*1H4. The normalized spacial score (nSPS) is 23.4. The van der Waals surface area contributed by atoms with Crippen molar-refractivity contribution in [3.63, 3.8) is 0 Å². The Kier molecular flexibility index (Phi) is 72.0. The molecular weight excluding hydrogens is 1640 g/mol. The number of carbonyl (C=O) groups is 10. The van der Waals surface area contributed by atoms with Crippen molar-refractivity contribution in [3.05, 3.63) is 122 Å². The second kappa shape index (κ2) is 68.1. The van der Waals surface area contributed by atoms with E-state index in [1.54, 1.807) is 48.5 Å². The molecule has 0 radical (unpaired) electrons. The Balaban J connectivity index is -0.000000213. The van der Waals surface area contributed by atoms with Crippen molar-refractivity contribution in [2.75, 3.05) is 60.0 Å². The van der Waals surface area contributed by atoms with Crippen molar-refractivity contribution in [2.24, 2.45) is 58.2 Å². The van der Waals surface area contributed by atoms with Gasteiger partial charge in [0.05, 0.1) is 32.5 Å². The summed E-state index contributed by atoms with van der Waals surface area (Å²) in [6, 6.07) is 0. The van der Waals surface area contributed by atoms with E-state index < -0.39 is 11.9 Å². The molecule has 11 aliphatic rings. The van der Waals surface area contributed by atoms with Gasteiger partial charge >= 0.3 is 53.7 Å². The predicted octanol–water partition coefficient (Wildman–Crippen LogP) is 25.3. The lowest BCUT2D eigenvalue weighted by molar-refractivity contribution is -0.182. The molecule has 9 unspecified atom stereocenters. The van der Waals surface area contributed by atoms with Gasteiger partial charge in [-0.2, -0.15) is 0 Å². The third-order valence-electron chi connectivity index (χ3n) is 23.5. The van der Waals surface area contributed by atoms with E-state index in [2.05, 4.69) is 108 Å². The van der Waals surface area contributed by atoms with Gasteiger partial charge in [-0.3, -0.25) is 9.59 Å². The second-order valence-electron chi connectivity index (χ2n) is 36.0. The number of unbranched alkanes of at least 4 members (excludes halogenated alkanes) is 1. The van der Waals surface area contributed by atoms with E-state index in [0.717, 1.165) is 131 Å². The molecule has 10 saturated carbocycles. The largest absolute Gasteiger partial charge is 0.494 e. The summed E-state index contributed by atoms with van der Waals surface area (Å²) in [6.45, 7) is 69.7. The smallest absolute Gasteiger partial charge is 0.333 e. The van der Waals surface area contributed by atoms with Crippen molar-refractivity contribution in [1.29, 1.82) is 0 Å². The average Bonchev–Trinajstić information content (AvgIpc) is 1.56. The van der Waals surface area contributed by atoms with Crippen LogP contribution < -0.4 is 0 Å². The number of ketones is 1. The molecule has 0 aromatic rings. The van der Waals surface area contributed by atoms with Crippen LogP contribution in [0.15, 0.2) is 122 Å². The lowest BCUT2D eigenvalue weighted by atomic mass is 9.54. The number of hydrogen-bond acceptors (Lipinski definition) is 23. The Labute approximate surface area is 785 Å². The number of ether oxygens (including phenoxy) is 13. The van der Waals surface area contributed by atoms with Crippen LogP contribution in [0.25, 0.3) is 0 Å². The fourth-order valence-electron chi connectivity index (χ4n) is 17.0. The van der Waals surface area contributed by atoms with E-state index in [1.807, 2.05) is 27.7 Å². The molecule has 0 amide bonds. The summed E-state index contributed by atoms with van der Waals surface area (Å²) < 4.78 is 66.8. The first-order valence-electron chi connectivity index (χ1n) is 43.2. The fourth-order valence-corrected chi connectivity index (χ4v) is 17.0. The molecule has 8 bridgehead atoms. The van der Waals surface area contributed by atoms with Gasteiger partial charge in [0, 0.05) is 56.6 Å². The highest BCUT2D eigenvalue weighted by Crippen LogP contribution is 2.66. The molecule has 11 fully saturated rings. The number of fused-ring (bicyclic) bond motifs is 7. The summed E-state index contributed by atoms with van der Waals surface area (Å²) >= 11 is 0. The third-order valence-corrected chi connectivity index (χ3v) is 23.5. The average molecular weight is 1830 g/mol. The Morgan fingerprint density at radius 3 is 1.24 bits per heavy atom. The van der Waals surface area contributed by atoms with E-state index in [1.165, 1.54) is 98.0 Å². The molecule has 23 heteroatoms. The number of allylic oxidation sites excluding steroid dienone is 1. The van der Waals surface area contributed by atoms with Crippen LogP contribution in [-0.2, 0) is 110 Å². The molecule has 1 aliphatic heterocycles. The maximum atomic E-state index is 11.7. The highest BCUT2D eigenvalue weighted by molar-refractivity contribution is 5.94. The summed E-state index contributed by atoms with van der Waals surface area (Å²) in [5, 5.41) is 0. The number of esters is 9. The van der Waals surface area contributed by atoms with Gasteiger partial charge in [-0.05, 0) is 283 Å². The first-order valence-corrected chi connectivity index (χ1v) is 43.2. The van der Waals surface area contributed by atoms with E-state index in [9.17, 15) is 47.9 Å². The molecule has 23 nitrogen and oxygen atoms in total. The highest BCUT2D eigenvalue weighted by Gasteiger charge is 2.63. The van der Waals surface area contributed by atoms with Gasteiger partial charge < -0.3 is 61.6 Å². The first-order chi connectivity index (χ1) is 56.0. The molecule has 1 heterocycles. The van der Waals surface area contributed by atoms with Crippen LogP contribution in [0.2, 0.25) is 0 Å². The fraction of sp³-hybridized carbons (Fsp3) is 0.717. The molecule has 0 spiro atoms. The number of carbonyl (C=O) groups excluding carboxylic acids is 10. The van der Waals surface area contributed by atoms with Crippen molar-refractivity contribution < 1.29 is 110 Å². The van der Waals surface area contributed by atoms with Crippen LogP contribution in [0, 0.1) is 58.2 Å². The number of Topliss-reactive ketones (excluding diaryl/α,β-unsaturated/α-hetero) is 1. The van der Waals surface area contributed by atoms with Gasteiger partial charge in [0.15, 0.2) is 6.29 Å². The topological polar surface area (TPSA) is 291 Å². The molecule has 11 rings (SSSR count). The minimum absolute atomic E-state index is 0. The second-order valence-corrected chi connectivity index (χ2v) is 36.0. The Bertz CT molecular complexity index is 3480. The van der Waals surface area contributed by atoms with Crippen LogP contribution in [-0.4, -0.2) is 155 Å². The zero-order chi connectivity index (χ0) is 91.0. The molecule has 0 aromatic carbocycles.